The molecule has 22 heavy (non-hydrogen) atoms. The average molecular weight is 320 g/mol. The van der Waals surface area contributed by atoms with Crippen LogP contribution in [0.15, 0.2) is 29.6 Å². The molecular weight excluding hydrogens is 296 g/mol. The van der Waals surface area contributed by atoms with Crippen LogP contribution in [0.4, 0.5) is 0 Å². The molecule has 0 saturated carbocycles. The average Bonchev–Trinajstić information content (AvgIpc) is 2.91. The zero-order valence-corrected chi connectivity index (χ0v) is 13.9. The summed E-state index contributed by atoms with van der Waals surface area (Å²) in [6.45, 7) is 5.72. The van der Waals surface area contributed by atoms with Crippen LogP contribution in [-0.4, -0.2) is 67.5 Å². The number of benzene rings is 1. The molecule has 1 aliphatic rings. The lowest BCUT2D eigenvalue weighted by molar-refractivity contribution is 0.00828. The van der Waals surface area contributed by atoms with Gasteiger partial charge in [0.15, 0.2) is 0 Å². The van der Waals surface area contributed by atoms with Crippen LogP contribution in [0.3, 0.4) is 0 Å². The third-order valence-electron chi connectivity index (χ3n) is 4.10. The Morgan fingerprint density at radius 2 is 2.09 bits per heavy atom. The van der Waals surface area contributed by atoms with Crippen molar-refractivity contribution in [1.29, 1.82) is 0 Å². The van der Waals surface area contributed by atoms with Gasteiger partial charge in [0, 0.05) is 37.4 Å². The predicted octanol–water partition coefficient (Wildman–Crippen LogP) is 2.03. The molecule has 0 amide bonds. The van der Waals surface area contributed by atoms with Gasteiger partial charge in [-0.25, -0.2) is 0 Å². The molecule has 1 N–H and O–H groups in total. The number of likely N-dealkylation sites (N-methyl/N-ethyl adjacent to an activating group) is 1. The van der Waals surface area contributed by atoms with Gasteiger partial charge in [-0.2, -0.15) is 0 Å². The molecule has 0 aliphatic carbocycles. The third kappa shape index (κ3) is 4.06. The monoisotopic (exact) mass is 320 g/mol. The minimum atomic E-state index is -0.312. The first-order valence-electron chi connectivity index (χ1n) is 7.84. The molecule has 1 aliphatic heterocycles. The number of rotatable bonds is 6. The van der Waals surface area contributed by atoms with E-state index >= 15 is 0 Å². The Hall–Kier alpha value is -0.980. The molecule has 0 radical (unpaired) electrons. The molecule has 1 aromatic carbocycles. The van der Waals surface area contributed by atoms with Crippen LogP contribution in [0, 0.1) is 0 Å². The van der Waals surface area contributed by atoms with Crippen LogP contribution in [0.1, 0.15) is 5.56 Å². The van der Waals surface area contributed by atoms with E-state index in [9.17, 15) is 5.11 Å². The fourth-order valence-electron chi connectivity index (χ4n) is 3.01. The smallest absolute Gasteiger partial charge is 0.0793 e. The van der Waals surface area contributed by atoms with Crippen molar-refractivity contribution < 1.29 is 9.84 Å². The number of β-amino-alcohol motifs (C(OH)–C–C–N with tert-alkyl or cyclic N) is 1. The van der Waals surface area contributed by atoms with Crippen LogP contribution in [0.2, 0.25) is 0 Å². The Morgan fingerprint density at radius 1 is 1.32 bits per heavy atom. The van der Waals surface area contributed by atoms with Crippen molar-refractivity contribution in [2.24, 2.45) is 0 Å². The Balaban J connectivity index is 1.52. The Bertz CT molecular complexity index is 595. The van der Waals surface area contributed by atoms with Gasteiger partial charge in [0.25, 0.3) is 0 Å². The highest BCUT2D eigenvalue weighted by atomic mass is 32.1. The van der Waals surface area contributed by atoms with Gasteiger partial charge in [0.1, 0.15) is 0 Å². The summed E-state index contributed by atoms with van der Waals surface area (Å²) in [4.78, 5) is 4.49. The highest BCUT2D eigenvalue weighted by molar-refractivity contribution is 7.17. The van der Waals surface area contributed by atoms with Crippen molar-refractivity contribution in [2.75, 3.05) is 46.4 Å². The summed E-state index contributed by atoms with van der Waals surface area (Å²) in [6.07, 6.45) is -0.312. The number of thiophene rings is 1. The number of fused-ring (bicyclic) bond motifs is 1. The van der Waals surface area contributed by atoms with Crippen molar-refractivity contribution in [3.63, 3.8) is 0 Å². The normalized spacial score (nSPS) is 18.1. The van der Waals surface area contributed by atoms with Gasteiger partial charge in [0.05, 0.1) is 19.3 Å². The largest absolute Gasteiger partial charge is 0.390 e. The molecule has 1 atom stereocenters. The highest BCUT2D eigenvalue weighted by Gasteiger charge is 2.16. The summed E-state index contributed by atoms with van der Waals surface area (Å²) in [5.74, 6) is 0. The molecular formula is C17H24N2O2S. The third-order valence-corrected chi connectivity index (χ3v) is 5.11. The van der Waals surface area contributed by atoms with Crippen LogP contribution in [-0.2, 0) is 11.3 Å². The van der Waals surface area contributed by atoms with E-state index in [4.69, 9.17) is 4.74 Å². The highest BCUT2D eigenvalue weighted by Crippen LogP contribution is 2.26. The van der Waals surface area contributed by atoms with Crippen LogP contribution in [0.25, 0.3) is 10.1 Å². The maximum atomic E-state index is 10.3. The number of hydrogen-bond acceptors (Lipinski definition) is 5. The minimum Gasteiger partial charge on any atom is -0.390 e. The predicted molar refractivity (Wildman–Crippen MR) is 91.4 cm³/mol. The zero-order chi connectivity index (χ0) is 15.4. The van der Waals surface area contributed by atoms with Crippen molar-refractivity contribution in [1.82, 2.24) is 9.80 Å². The van der Waals surface area contributed by atoms with Gasteiger partial charge >= 0.3 is 0 Å². The van der Waals surface area contributed by atoms with Gasteiger partial charge in [-0.05, 0) is 29.4 Å². The second-order valence-electron chi connectivity index (χ2n) is 6.02. The summed E-state index contributed by atoms with van der Waals surface area (Å²) in [7, 11) is 2.08. The Labute approximate surface area is 135 Å². The summed E-state index contributed by atoms with van der Waals surface area (Å²) in [5, 5.41) is 13.9. The number of aliphatic hydroxyl groups is 1. The number of ether oxygens (including phenoxy) is 1. The van der Waals surface area contributed by atoms with E-state index in [-0.39, 0.29) is 6.10 Å². The molecule has 120 valence electrons. The lowest BCUT2D eigenvalue weighted by atomic mass is 10.1. The van der Waals surface area contributed by atoms with E-state index in [1.165, 1.54) is 15.6 Å². The number of nitrogens with zero attached hydrogens (tertiary/aromatic N) is 2. The number of morpholine rings is 1. The number of aliphatic hydroxyl groups excluding tert-OH is 1. The molecule has 2 heterocycles. The summed E-state index contributed by atoms with van der Waals surface area (Å²) >= 11 is 1.79. The summed E-state index contributed by atoms with van der Waals surface area (Å²) in [6, 6.07) is 8.51. The van der Waals surface area contributed by atoms with Crippen LogP contribution < -0.4 is 0 Å². The van der Waals surface area contributed by atoms with Crippen LogP contribution in [0.5, 0.6) is 0 Å². The van der Waals surface area contributed by atoms with Crippen LogP contribution >= 0.6 is 11.3 Å². The van der Waals surface area contributed by atoms with Crippen molar-refractivity contribution in [3.8, 4) is 0 Å². The number of hydrogen-bond donors (Lipinski definition) is 1. The van der Waals surface area contributed by atoms with E-state index < -0.39 is 0 Å². The maximum Gasteiger partial charge on any atom is 0.0793 e. The van der Waals surface area contributed by atoms with Crippen molar-refractivity contribution >= 4 is 21.4 Å². The SMILES string of the molecule is CN(Cc1csc2ccccc12)CC(O)CN1CCOCC1. The molecule has 1 fully saturated rings. The van der Waals surface area contributed by atoms with Crippen molar-refractivity contribution in [3.05, 3.63) is 35.2 Å². The Morgan fingerprint density at radius 3 is 2.91 bits per heavy atom. The van der Waals surface area contributed by atoms with Gasteiger partial charge in [-0.1, -0.05) is 18.2 Å². The van der Waals surface area contributed by atoms with E-state index in [0.29, 0.717) is 6.54 Å². The molecule has 5 heteroatoms. The molecule has 0 spiro atoms. The first-order chi connectivity index (χ1) is 10.7. The van der Waals surface area contributed by atoms with E-state index in [1.54, 1.807) is 11.3 Å². The molecule has 4 nitrogen and oxygen atoms in total. The second-order valence-corrected chi connectivity index (χ2v) is 6.93. The first-order valence-corrected chi connectivity index (χ1v) is 8.72. The minimum absolute atomic E-state index is 0.312. The molecule has 0 bridgehead atoms. The van der Waals surface area contributed by atoms with Gasteiger partial charge in [-0.3, -0.25) is 9.80 Å². The lowest BCUT2D eigenvalue weighted by Gasteiger charge is -2.30. The van der Waals surface area contributed by atoms with E-state index in [1.807, 2.05) is 0 Å². The summed E-state index contributed by atoms with van der Waals surface area (Å²) < 4.78 is 6.67. The molecule has 1 aromatic heterocycles. The topological polar surface area (TPSA) is 35.9 Å². The molecule has 2 aromatic rings. The van der Waals surface area contributed by atoms with E-state index in [2.05, 4.69) is 46.5 Å². The standard InChI is InChI=1S/C17H24N2O2S/c1-18(11-15(20)12-19-6-8-21-9-7-19)10-14-13-22-17-5-3-2-4-16(14)17/h2-5,13,15,20H,6-12H2,1H3. The second kappa shape index (κ2) is 7.53. The maximum absolute atomic E-state index is 10.3. The summed E-state index contributed by atoms with van der Waals surface area (Å²) in [5.41, 5.74) is 1.35. The van der Waals surface area contributed by atoms with Gasteiger partial charge in [0.2, 0.25) is 0 Å². The fourth-order valence-corrected chi connectivity index (χ4v) is 3.96. The Kier molecular flexibility index (Phi) is 5.44. The zero-order valence-electron chi connectivity index (χ0n) is 13.1. The van der Waals surface area contributed by atoms with Gasteiger partial charge < -0.3 is 9.84 Å². The van der Waals surface area contributed by atoms with Crippen molar-refractivity contribution in [2.45, 2.75) is 12.6 Å². The quantitative estimate of drug-likeness (QED) is 0.883. The molecule has 1 saturated heterocycles. The van der Waals surface area contributed by atoms with Gasteiger partial charge in [-0.15, -0.1) is 11.3 Å². The van der Waals surface area contributed by atoms with E-state index in [0.717, 1.165) is 39.4 Å². The lowest BCUT2D eigenvalue weighted by Crippen LogP contribution is -2.43. The fraction of sp³-hybridized carbons (Fsp3) is 0.529. The first kappa shape index (κ1) is 15.9. The molecule has 1 unspecified atom stereocenters. The molecule has 3 rings (SSSR count).